The number of carbonyl (C=O) groups is 7. The minimum Gasteiger partial charge on any atom is -0.456 e. The summed E-state index contributed by atoms with van der Waals surface area (Å²) in [5.74, 6) is -24.0. The molecule has 0 saturated heterocycles. The van der Waals surface area contributed by atoms with Crippen LogP contribution < -0.4 is 70.6 Å². The molecule has 12 aromatic rings. The third-order valence-electron chi connectivity index (χ3n) is 17.1. The van der Waals surface area contributed by atoms with Crippen molar-refractivity contribution in [1.29, 1.82) is 0 Å². The second-order valence-corrected chi connectivity index (χ2v) is 27.2. The molecule has 0 atom stereocenters. The van der Waals surface area contributed by atoms with Crippen LogP contribution in [-0.2, 0) is 18.5 Å². The molecule has 8 aromatic carbocycles. The van der Waals surface area contributed by atoms with Crippen LogP contribution in [0.2, 0.25) is 0 Å². The van der Waals surface area contributed by atoms with Crippen molar-refractivity contribution in [2.75, 3.05) is 21.3 Å². The SMILES string of the molecule is C=C(N)c1cc(NC(=O)c2c(Oc3ccc(OC(F)(F)F)cc3)cnc(C(F)(F)F)c2F)ccn1.CC(=O)c1cc(NC(=O)c2c(Oc3ccc(OC(F)(F)F)c(F)c3)ccc(C(F)(F)F)c2F)ccn1.CC(=O)c1cc(NC(=O)c2c(Oc3ccc(OC(F)(F)F)cc3C)ccc(C(F)(F)F)c2F)ccn1.NC(=O)c1cccc(NC(=O)c2c(Oc3ccc(OC(F)(F)F)cc3)ccc(F)c2F)c1. The molecule has 0 bridgehead atoms. The van der Waals surface area contributed by atoms with Crippen molar-refractivity contribution in [1.82, 2.24) is 19.9 Å². The Kier molecular flexibility index (Phi) is 32.9. The standard InChI is InChI=1S/C23H15F7N2O4.C22H12F8N2O4.C21H13F7N4O3.C21H13F5N2O4/c1-11-9-14(36-23(28,29)30)3-5-17(11)35-18-6-4-15(22(25,26)27)20(24)19(18)21(34)32-13-7-8-31-16(10-13)12(2)33;1-10(33)15-8-11(6-7-31-15)32-20(34)18-17(5-3-13(19(18)24)21(25,26)27)35-12-2-4-16(14(23)9-12)36-22(28,29)30;1-10(29)14-8-11(6-7-30-14)32-19(33)16-15(9-31-18(17(16)22)20(23,24)25)34-12-2-4-13(5-3-12)35-21(26,27)28;22-15-8-9-16(31-13-4-6-14(7-5-13)32-21(24,25)26)17(18(15)23)20(30)28-12-3-1-2-11(10-12)19(27)29/h3-10H,1-2H3,(H,31,32,34);2-9H,1H3,(H,31,32,34);2-9H,1,29H2,(H,30,32,33);1-10H,(H2,27,29)(H,28,30). The lowest BCUT2D eigenvalue weighted by atomic mass is 10.1. The Balaban J connectivity index is 0.000000207. The second kappa shape index (κ2) is 43.2. The van der Waals surface area contributed by atoms with Crippen LogP contribution >= 0.6 is 0 Å². The lowest BCUT2D eigenvalue weighted by molar-refractivity contribution is -0.276. The van der Waals surface area contributed by atoms with E-state index in [1.807, 2.05) is 0 Å². The monoisotopic (exact) mass is 1990 g/mol. The summed E-state index contributed by atoms with van der Waals surface area (Å²) in [5.41, 5.74) is 0.817. The minimum absolute atomic E-state index is 0.00373. The smallest absolute Gasteiger partial charge is 0.456 e. The first-order valence-corrected chi connectivity index (χ1v) is 37.5. The summed E-state index contributed by atoms with van der Waals surface area (Å²) in [6, 6.07) is 28.3. The number of ketones is 2. The van der Waals surface area contributed by atoms with E-state index in [4.69, 9.17) is 30.4 Å². The van der Waals surface area contributed by atoms with E-state index >= 15 is 0 Å². The minimum atomic E-state index is -5.24. The van der Waals surface area contributed by atoms with Crippen molar-refractivity contribution in [3.05, 3.63) is 316 Å². The summed E-state index contributed by atoms with van der Waals surface area (Å²) in [4.78, 5) is 99.6. The number of pyridine rings is 4. The number of nitrogens with one attached hydrogen (secondary N) is 4. The van der Waals surface area contributed by atoms with E-state index in [1.165, 1.54) is 68.6 Å². The highest BCUT2D eigenvalue weighted by Gasteiger charge is 2.43. The van der Waals surface area contributed by atoms with Gasteiger partial charge in [0.25, 0.3) is 23.6 Å². The highest BCUT2D eigenvalue weighted by atomic mass is 19.4. The maximum atomic E-state index is 15.0. The van der Waals surface area contributed by atoms with Crippen LogP contribution in [0.15, 0.2) is 213 Å². The number of hydrogen-bond donors (Lipinski definition) is 6. The molecular weight excluding hydrogens is 1940 g/mol. The zero-order chi connectivity index (χ0) is 103. The van der Waals surface area contributed by atoms with Gasteiger partial charge in [-0.2, -0.15) is 39.5 Å². The average Bonchev–Trinajstić information content (AvgIpc) is 0.841. The van der Waals surface area contributed by atoms with Crippen molar-refractivity contribution in [3.8, 4) is 69.0 Å². The Bertz CT molecular complexity index is 6640. The molecule has 5 amide bonds. The van der Waals surface area contributed by atoms with E-state index in [0.717, 1.165) is 116 Å². The summed E-state index contributed by atoms with van der Waals surface area (Å²) in [6.07, 6.45) is -31.7. The number of aromatic nitrogens is 4. The van der Waals surface area contributed by atoms with E-state index in [-0.39, 0.29) is 80.0 Å². The molecule has 0 aliphatic rings. The number of rotatable bonds is 24. The third-order valence-corrected chi connectivity index (χ3v) is 17.1. The normalized spacial score (nSPS) is 11.5. The molecule has 0 radical (unpaired) electrons. The van der Waals surface area contributed by atoms with Crippen molar-refractivity contribution in [2.24, 2.45) is 11.5 Å². The van der Waals surface area contributed by atoms with E-state index in [9.17, 15) is 152 Å². The Morgan fingerprint density at radius 3 is 1.08 bits per heavy atom. The number of nitrogens with zero attached hydrogens (tertiary/aromatic N) is 4. The lowest BCUT2D eigenvalue weighted by Gasteiger charge is -2.17. The average molecular weight is 1990 g/mol. The highest BCUT2D eigenvalue weighted by Crippen LogP contribution is 2.44. The van der Waals surface area contributed by atoms with Gasteiger partial charge in [-0.1, -0.05) is 12.6 Å². The number of alkyl halides is 21. The van der Waals surface area contributed by atoms with Gasteiger partial charge in [0.1, 0.15) is 91.1 Å². The number of anilines is 4. The number of Topliss-reactive ketones (excluding diaryl/α,β-unsaturated/α-hetero) is 2. The Morgan fingerprint density at radius 1 is 0.324 bits per heavy atom. The van der Waals surface area contributed by atoms with E-state index in [2.05, 4.69) is 66.7 Å². The molecule has 25 nitrogen and oxygen atoms in total. The van der Waals surface area contributed by atoms with Crippen LogP contribution in [0.3, 0.4) is 0 Å². The molecule has 0 saturated carbocycles. The number of hydrogen-bond acceptors (Lipinski definition) is 20. The zero-order valence-electron chi connectivity index (χ0n) is 69.1. The molecule has 4 heterocycles. The maximum Gasteiger partial charge on any atom is 0.573 e. The van der Waals surface area contributed by atoms with Crippen molar-refractivity contribution in [2.45, 2.75) is 64.7 Å². The molecule has 12 rings (SSSR count). The zero-order valence-corrected chi connectivity index (χ0v) is 69.1. The molecule has 0 unspecified atom stereocenters. The summed E-state index contributed by atoms with van der Waals surface area (Å²) in [7, 11) is 0. The molecule has 139 heavy (non-hydrogen) atoms. The van der Waals surface area contributed by atoms with Crippen molar-refractivity contribution < 1.29 is 190 Å². The molecule has 0 aliphatic carbocycles. The van der Waals surface area contributed by atoms with Gasteiger partial charge < -0.3 is 70.6 Å². The highest BCUT2D eigenvalue weighted by molar-refractivity contribution is 6.10. The molecule has 8 N–H and O–H groups in total. The molecule has 52 heteroatoms. The van der Waals surface area contributed by atoms with Gasteiger partial charge in [-0.05, 0) is 182 Å². The second-order valence-electron chi connectivity index (χ2n) is 27.2. The summed E-state index contributed by atoms with van der Waals surface area (Å²) >= 11 is 0. The molecule has 0 fully saturated rings. The van der Waals surface area contributed by atoms with Crippen LogP contribution in [0.5, 0.6) is 69.0 Å². The predicted molar refractivity (Wildman–Crippen MR) is 429 cm³/mol. The number of nitrogens with two attached hydrogens (primary N) is 2. The van der Waals surface area contributed by atoms with Crippen molar-refractivity contribution in [3.63, 3.8) is 0 Å². The number of carbonyl (C=O) groups excluding carboxylic acids is 7. The number of halogens is 27. The van der Waals surface area contributed by atoms with E-state index < -0.39 is 211 Å². The van der Waals surface area contributed by atoms with Gasteiger partial charge in [-0.15, -0.1) is 52.7 Å². The van der Waals surface area contributed by atoms with Gasteiger partial charge in [-0.25, -0.2) is 31.3 Å². The quantitative estimate of drug-likeness (QED) is 0.0242. The third kappa shape index (κ3) is 30.0. The Hall–Kier alpha value is -16.9. The van der Waals surface area contributed by atoms with Gasteiger partial charge >= 0.3 is 44.0 Å². The molecule has 0 aliphatic heterocycles. The van der Waals surface area contributed by atoms with Gasteiger partial charge in [0, 0.05) is 66.8 Å². The summed E-state index contributed by atoms with van der Waals surface area (Å²) in [6.45, 7) is 7.12. The largest absolute Gasteiger partial charge is 0.573 e. The first-order valence-electron chi connectivity index (χ1n) is 37.5. The van der Waals surface area contributed by atoms with E-state index in [0.29, 0.717) is 36.5 Å². The van der Waals surface area contributed by atoms with Gasteiger partial charge in [0.15, 0.2) is 63.7 Å². The number of primary amides is 1. The molecule has 4 aromatic heterocycles. The first-order chi connectivity index (χ1) is 64.6. The van der Waals surface area contributed by atoms with Gasteiger partial charge in [0.2, 0.25) is 5.91 Å². The van der Waals surface area contributed by atoms with Gasteiger partial charge in [0.05, 0.1) is 28.7 Å². The first kappa shape index (κ1) is 106. The number of benzene rings is 8. The van der Waals surface area contributed by atoms with Crippen LogP contribution in [-0.4, -0.2) is 86.5 Å². The van der Waals surface area contributed by atoms with Crippen LogP contribution in [0.25, 0.3) is 5.70 Å². The van der Waals surface area contributed by atoms with Crippen LogP contribution in [0.1, 0.15) is 115 Å². The van der Waals surface area contributed by atoms with E-state index in [1.54, 1.807) is 0 Å². The molecular formula is C87H53F27N10O15. The fraction of sp³-hybridized carbons (Fsp3) is 0.115. The molecule has 0 spiro atoms. The fourth-order valence-corrected chi connectivity index (χ4v) is 11.1. The molecule has 730 valence electrons. The Morgan fingerprint density at radius 2 is 0.676 bits per heavy atom. The number of ether oxygens (including phenoxy) is 8. The van der Waals surface area contributed by atoms with Crippen LogP contribution in [0, 0.1) is 41.8 Å². The van der Waals surface area contributed by atoms with Crippen LogP contribution in [0.4, 0.5) is 141 Å². The summed E-state index contributed by atoms with van der Waals surface area (Å²) < 4.78 is 390. The topological polar surface area (TPSA) is 345 Å². The number of aryl methyl sites for hydroxylation is 1. The number of amides is 5. The summed E-state index contributed by atoms with van der Waals surface area (Å²) in [5, 5.41) is 8.80. The van der Waals surface area contributed by atoms with Gasteiger partial charge in [-0.3, -0.25) is 48.5 Å². The fourth-order valence-electron chi connectivity index (χ4n) is 11.1. The van der Waals surface area contributed by atoms with Crippen molar-refractivity contribution >= 4 is 69.5 Å². The Labute approximate surface area is 759 Å². The predicted octanol–water partition coefficient (Wildman–Crippen LogP) is 23.7. The lowest BCUT2D eigenvalue weighted by Crippen LogP contribution is -2.20. The maximum absolute atomic E-state index is 15.0.